The maximum atomic E-state index is 12.1. The first-order chi connectivity index (χ1) is 7.99. The van der Waals surface area contributed by atoms with Crippen molar-refractivity contribution in [3.05, 3.63) is 23.2 Å². The average molecular weight is 239 g/mol. The van der Waals surface area contributed by atoms with Gasteiger partial charge in [-0.3, -0.25) is 9.59 Å². The fourth-order valence-corrected chi connectivity index (χ4v) is 1.56. The molecule has 0 N–H and O–H groups in total. The van der Waals surface area contributed by atoms with Crippen LogP contribution in [0.1, 0.15) is 28.8 Å². The molecule has 0 saturated heterocycles. The molecule has 1 aromatic rings. The number of furan rings is 1. The number of rotatable bonds is 4. The highest BCUT2D eigenvalue weighted by Gasteiger charge is 2.21. The largest absolute Gasteiger partial charge is 0.468 e. The third-order valence-electron chi connectivity index (χ3n) is 2.49. The molecule has 17 heavy (non-hydrogen) atoms. The Bertz CT molecular complexity index is 422. The fourth-order valence-electron chi connectivity index (χ4n) is 1.56. The molecule has 0 fully saturated rings. The first kappa shape index (κ1) is 13.3. The molecule has 0 aliphatic carbocycles. The number of nitrogens with zero attached hydrogens (tertiary/aromatic N) is 1. The van der Waals surface area contributed by atoms with Gasteiger partial charge >= 0.3 is 5.97 Å². The fraction of sp³-hybridized carbons (Fsp3) is 0.500. The van der Waals surface area contributed by atoms with E-state index in [9.17, 15) is 9.59 Å². The average Bonchev–Trinajstić information content (AvgIpc) is 2.64. The number of ether oxygens (including phenoxy) is 1. The van der Waals surface area contributed by atoms with Crippen LogP contribution in [0.2, 0.25) is 0 Å². The quantitative estimate of drug-likeness (QED) is 0.748. The minimum Gasteiger partial charge on any atom is -0.468 e. The van der Waals surface area contributed by atoms with Crippen molar-refractivity contribution >= 4 is 11.9 Å². The molecule has 0 spiro atoms. The van der Waals surface area contributed by atoms with Crippen LogP contribution in [0, 0.1) is 13.8 Å². The molecule has 0 saturated carbocycles. The summed E-state index contributed by atoms with van der Waals surface area (Å²) in [5.74, 6) is 0.598. The standard InChI is InChI=1S/C12H17NO4/c1-5-13(7-11(14)16-4)12(15)10-6-8(2)17-9(10)3/h6H,5,7H2,1-4H3. The Morgan fingerprint density at radius 1 is 1.41 bits per heavy atom. The summed E-state index contributed by atoms with van der Waals surface area (Å²) in [6.07, 6.45) is 0. The van der Waals surface area contributed by atoms with E-state index in [2.05, 4.69) is 4.74 Å². The highest BCUT2D eigenvalue weighted by atomic mass is 16.5. The zero-order chi connectivity index (χ0) is 13.0. The van der Waals surface area contributed by atoms with Crippen molar-refractivity contribution in [1.29, 1.82) is 0 Å². The van der Waals surface area contributed by atoms with Crippen LogP contribution in [-0.4, -0.2) is 37.0 Å². The van der Waals surface area contributed by atoms with Crippen LogP contribution in [0.25, 0.3) is 0 Å². The number of methoxy groups -OCH3 is 1. The molecule has 1 heterocycles. The predicted octanol–water partition coefficient (Wildman–Crippen LogP) is 1.53. The van der Waals surface area contributed by atoms with Gasteiger partial charge in [-0.2, -0.15) is 0 Å². The molecule has 5 nitrogen and oxygen atoms in total. The van der Waals surface area contributed by atoms with Crippen LogP contribution in [0.5, 0.6) is 0 Å². The first-order valence-electron chi connectivity index (χ1n) is 5.42. The zero-order valence-electron chi connectivity index (χ0n) is 10.6. The summed E-state index contributed by atoms with van der Waals surface area (Å²) in [6.45, 7) is 5.71. The normalized spacial score (nSPS) is 10.1. The smallest absolute Gasteiger partial charge is 0.325 e. The SMILES string of the molecule is CCN(CC(=O)OC)C(=O)c1cc(C)oc1C. The monoisotopic (exact) mass is 239 g/mol. The molecule has 0 aliphatic rings. The summed E-state index contributed by atoms with van der Waals surface area (Å²) in [4.78, 5) is 24.7. The number of aryl methyl sites for hydroxylation is 2. The van der Waals surface area contributed by atoms with Gasteiger partial charge in [0, 0.05) is 6.54 Å². The summed E-state index contributed by atoms with van der Waals surface area (Å²) < 4.78 is 9.85. The number of likely N-dealkylation sites (N-methyl/N-ethyl adjacent to an activating group) is 1. The van der Waals surface area contributed by atoms with Crippen LogP contribution in [0.3, 0.4) is 0 Å². The minimum atomic E-state index is -0.432. The van der Waals surface area contributed by atoms with E-state index in [1.54, 1.807) is 19.9 Å². The first-order valence-corrected chi connectivity index (χ1v) is 5.42. The Morgan fingerprint density at radius 3 is 2.47 bits per heavy atom. The van der Waals surface area contributed by atoms with Crippen molar-refractivity contribution in [3.8, 4) is 0 Å². The molecule has 0 bridgehead atoms. The molecule has 0 unspecified atom stereocenters. The molecule has 5 heteroatoms. The Balaban J connectivity index is 2.86. The van der Waals surface area contributed by atoms with E-state index in [0.717, 1.165) is 0 Å². The van der Waals surface area contributed by atoms with E-state index in [1.165, 1.54) is 12.0 Å². The van der Waals surface area contributed by atoms with Crippen LogP contribution < -0.4 is 0 Å². The molecule has 0 aromatic carbocycles. The second-order valence-electron chi connectivity index (χ2n) is 3.72. The van der Waals surface area contributed by atoms with Gasteiger partial charge in [-0.05, 0) is 26.8 Å². The van der Waals surface area contributed by atoms with Crippen LogP contribution in [0.4, 0.5) is 0 Å². The van der Waals surface area contributed by atoms with E-state index >= 15 is 0 Å². The van der Waals surface area contributed by atoms with Gasteiger partial charge in [-0.25, -0.2) is 0 Å². The molecule has 1 aromatic heterocycles. The number of hydrogen-bond acceptors (Lipinski definition) is 4. The van der Waals surface area contributed by atoms with E-state index in [4.69, 9.17) is 4.42 Å². The van der Waals surface area contributed by atoms with Gasteiger partial charge in [0.25, 0.3) is 5.91 Å². The third-order valence-corrected chi connectivity index (χ3v) is 2.49. The van der Waals surface area contributed by atoms with Crippen molar-refractivity contribution < 1.29 is 18.7 Å². The van der Waals surface area contributed by atoms with Gasteiger partial charge < -0.3 is 14.1 Å². The van der Waals surface area contributed by atoms with E-state index in [1.807, 2.05) is 6.92 Å². The maximum absolute atomic E-state index is 12.1. The summed E-state index contributed by atoms with van der Waals surface area (Å²) in [5, 5.41) is 0. The summed E-state index contributed by atoms with van der Waals surface area (Å²) in [5.41, 5.74) is 0.494. The second-order valence-corrected chi connectivity index (χ2v) is 3.72. The number of carbonyl (C=O) groups excluding carboxylic acids is 2. The minimum absolute atomic E-state index is 0.0461. The molecule has 1 rings (SSSR count). The topological polar surface area (TPSA) is 59.8 Å². The van der Waals surface area contributed by atoms with Gasteiger partial charge in [0.05, 0.1) is 12.7 Å². The van der Waals surface area contributed by atoms with Crippen LogP contribution in [0.15, 0.2) is 10.5 Å². The number of esters is 1. The van der Waals surface area contributed by atoms with E-state index in [0.29, 0.717) is 23.6 Å². The Morgan fingerprint density at radius 2 is 2.06 bits per heavy atom. The molecule has 0 atom stereocenters. The highest BCUT2D eigenvalue weighted by Crippen LogP contribution is 2.15. The lowest BCUT2D eigenvalue weighted by Gasteiger charge is -2.18. The molecule has 1 amide bonds. The van der Waals surface area contributed by atoms with Crippen molar-refractivity contribution in [2.24, 2.45) is 0 Å². The summed E-state index contributed by atoms with van der Waals surface area (Å²) in [7, 11) is 1.30. The highest BCUT2D eigenvalue weighted by molar-refractivity contribution is 5.96. The molecule has 0 radical (unpaired) electrons. The van der Waals surface area contributed by atoms with Crippen LogP contribution in [-0.2, 0) is 9.53 Å². The zero-order valence-corrected chi connectivity index (χ0v) is 10.6. The lowest BCUT2D eigenvalue weighted by molar-refractivity contribution is -0.141. The Kier molecular flexibility index (Phi) is 4.31. The van der Waals surface area contributed by atoms with Crippen molar-refractivity contribution in [2.45, 2.75) is 20.8 Å². The van der Waals surface area contributed by atoms with Crippen molar-refractivity contribution in [3.63, 3.8) is 0 Å². The maximum Gasteiger partial charge on any atom is 0.325 e. The van der Waals surface area contributed by atoms with E-state index in [-0.39, 0.29) is 12.5 Å². The molecular weight excluding hydrogens is 222 g/mol. The van der Waals surface area contributed by atoms with Gasteiger partial charge in [-0.1, -0.05) is 0 Å². The van der Waals surface area contributed by atoms with Gasteiger partial charge in [0.2, 0.25) is 0 Å². The van der Waals surface area contributed by atoms with Crippen molar-refractivity contribution in [1.82, 2.24) is 4.90 Å². The third kappa shape index (κ3) is 3.09. The van der Waals surface area contributed by atoms with Crippen LogP contribution >= 0.6 is 0 Å². The number of hydrogen-bond donors (Lipinski definition) is 0. The molecular formula is C12H17NO4. The Hall–Kier alpha value is -1.78. The predicted molar refractivity (Wildman–Crippen MR) is 61.8 cm³/mol. The Labute approximate surface area is 100 Å². The number of carbonyl (C=O) groups is 2. The molecule has 94 valence electrons. The lowest BCUT2D eigenvalue weighted by atomic mass is 10.2. The summed E-state index contributed by atoms with van der Waals surface area (Å²) in [6, 6.07) is 1.68. The van der Waals surface area contributed by atoms with Gasteiger partial charge in [0.15, 0.2) is 0 Å². The van der Waals surface area contributed by atoms with Gasteiger partial charge in [-0.15, -0.1) is 0 Å². The number of amides is 1. The van der Waals surface area contributed by atoms with Crippen molar-refractivity contribution in [2.75, 3.05) is 20.2 Å². The molecule has 0 aliphatic heterocycles. The second kappa shape index (κ2) is 5.52. The lowest BCUT2D eigenvalue weighted by Crippen LogP contribution is -2.36. The van der Waals surface area contributed by atoms with Gasteiger partial charge in [0.1, 0.15) is 18.1 Å². The summed E-state index contributed by atoms with van der Waals surface area (Å²) >= 11 is 0. The van der Waals surface area contributed by atoms with E-state index < -0.39 is 5.97 Å².